The Bertz CT molecular complexity index is 1080. The monoisotopic (exact) mass is 385 g/mol. The van der Waals surface area contributed by atoms with Gasteiger partial charge in [0.25, 0.3) is 0 Å². The maximum absolute atomic E-state index is 14.5. The second-order valence-corrected chi connectivity index (χ2v) is 7.29. The minimum absolute atomic E-state index is 0.296. The zero-order valence-electron chi connectivity index (χ0n) is 14.4. The van der Waals surface area contributed by atoms with Crippen molar-refractivity contribution in [2.75, 3.05) is 5.32 Å². The first kappa shape index (κ1) is 17.1. The van der Waals surface area contributed by atoms with Gasteiger partial charge in [0, 0.05) is 16.6 Å². The van der Waals surface area contributed by atoms with Crippen LogP contribution in [0.15, 0.2) is 47.8 Å². The molecule has 0 amide bonds. The highest BCUT2D eigenvalue weighted by molar-refractivity contribution is 7.15. The van der Waals surface area contributed by atoms with Crippen LogP contribution >= 0.6 is 22.9 Å². The zero-order chi connectivity index (χ0) is 18.3. The van der Waals surface area contributed by atoms with Crippen LogP contribution in [0.4, 0.5) is 15.9 Å². The average Bonchev–Trinajstić information content (AvgIpc) is 3.18. The Labute approximate surface area is 160 Å². The van der Waals surface area contributed by atoms with Crippen LogP contribution in [0.3, 0.4) is 0 Å². The van der Waals surface area contributed by atoms with Gasteiger partial charge in [0.05, 0.1) is 10.7 Å². The van der Waals surface area contributed by atoms with Crippen LogP contribution in [-0.2, 0) is 6.42 Å². The van der Waals surface area contributed by atoms with Gasteiger partial charge in [-0.05, 0) is 37.1 Å². The highest BCUT2D eigenvalue weighted by Gasteiger charge is 2.21. The van der Waals surface area contributed by atoms with Gasteiger partial charge in [0.1, 0.15) is 17.3 Å². The second kappa shape index (κ2) is 6.74. The predicted molar refractivity (Wildman–Crippen MR) is 107 cm³/mol. The van der Waals surface area contributed by atoms with Crippen molar-refractivity contribution in [2.24, 2.45) is 0 Å². The van der Waals surface area contributed by atoms with E-state index in [1.54, 1.807) is 23.5 Å². The maximum atomic E-state index is 14.5. The molecule has 0 bridgehead atoms. The van der Waals surface area contributed by atoms with Crippen LogP contribution in [-0.4, -0.2) is 9.38 Å². The molecule has 2 aromatic carbocycles. The minimum atomic E-state index is -0.296. The molecule has 0 unspecified atom stereocenters. The second-order valence-electron chi connectivity index (χ2n) is 6.04. The van der Waals surface area contributed by atoms with E-state index in [2.05, 4.69) is 22.0 Å². The summed E-state index contributed by atoms with van der Waals surface area (Å²) < 4.78 is 16.5. The summed E-state index contributed by atoms with van der Waals surface area (Å²) in [7, 11) is 0. The molecule has 3 nitrogen and oxygen atoms in total. The molecular formula is C20H17ClFN3S. The average molecular weight is 386 g/mol. The summed E-state index contributed by atoms with van der Waals surface area (Å²) in [5, 5.41) is 6.13. The Morgan fingerprint density at radius 2 is 2.00 bits per heavy atom. The number of imidazole rings is 1. The van der Waals surface area contributed by atoms with E-state index >= 15 is 0 Å². The molecule has 0 aliphatic rings. The maximum Gasteiger partial charge on any atom is 0.196 e. The number of rotatable bonds is 4. The Morgan fingerprint density at radius 1 is 1.19 bits per heavy atom. The van der Waals surface area contributed by atoms with Crippen molar-refractivity contribution in [3.05, 3.63) is 69.9 Å². The van der Waals surface area contributed by atoms with Crippen molar-refractivity contribution < 1.29 is 4.39 Å². The van der Waals surface area contributed by atoms with Gasteiger partial charge in [-0.2, -0.15) is 0 Å². The number of hydrogen-bond acceptors (Lipinski definition) is 3. The molecule has 0 aliphatic carbocycles. The Balaban J connectivity index is 1.98. The molecular weight excluding hydrogens is 369 g/mol. The number of hydrogen-bond donors (Lipinski definition) is 1. The molecule has 0 spiro atoms. The molecule has 0 fully saturated rings. The number of thiazole rings is 1. The van der Waals surface area contributed by atoms with Gasteiger partial charge >= 0.3 is 0 Å². The summed E-state index contributed by atoms with van der Waals surface area (Å²) in [6.45, 7) is 4.08. The standard InChI is InChI=1S/C20H17ClFN3S/c1-3-13-11-26-20-24-18(14-8-4-5-10-16(14)22)19(25(13)20)23-17-12(2)7-6-9-15(17)21/h4-11,23H,3H2,1-2H3. The van der Waals surface area contributed by atoms with Gasteiger partial charge in [0.2, 0.25) is 0 Å². The van der Waals surface area contributed by atoms with E-state index in [0.717, 1.165) is 34.1 Å². The topological polar surface area (TPSA) is 29.3 Å². The molecule has 4 rings (SSSR count). The lowest BCUT2D eigenvalue weighted by atomic mass is 10.1. The Hall–Kier alpha value is -2.37. The van der Waals surface area contributed by atoms with Crippen LogP contribution in [0, 0.1) is 12.7 Å². The predicted octanol–water partition coefficient (Wildman–Crippen LogP) is 6.47. The zero-order valence-corrected chi connectivity index (χ0v) is 16.0. The van der Waals surface area contributed by atoms with E-state index in [0.29, 0.717) is 16.3 Å². The summed E-state index contributed by atoms with van der Waals surface area (Å²) in [5.41, 5.74) is 4.00. The third kappa shape index (κ3) is 2.77. The van der Waals surface area contributed by atoms with Crippen LogP contribution in [0.1, 0.15) is 18.2 Å². The molecule has 132 valence electrons. The van der Waals surface area contributed by atoms with Crippen LogP contribution < -0.4 is 5.32 Å². The SMILES string of the molecule is CCc1csc2nc(-c3ccccc3F)c(Nc3c(C)cccc3Cl)n12. The number of nitrogens with one attached hydrogen (secondary N) is 1. The number of anilines is 2. The number of benzene rings is 2. The van der Waals surface area contributed by atoms with Crippen molar-refractivity contribution in [3.63, 3.8) is 0 Å². The molecule has 4 aromatic rings. The Morgan fingerprint density at radius 3 is 2.73 bits per heavy atom. The largest absolute Gasteiger partial charge is 0.338 e. The van der Waals surface area contributed by atoms with E-state index < -0.39 is 0 Å². The number of halogens is 2. The summed E-state index contributed by atoms with van der Waals surface area (Å²) >= 11 is 7.96. The van der Waals surface area contributed by atoms with Gasteiger partial charge in [0.15, 0.2) is 4.96 Å². The van der Waals surface area contributed by atoms with Crippen molar-refractivity contribution in [2.45, 2.75) is 20.3 Å². The Kier molecular flexibility index (Phi) is 4.42. The van der Waals surface area contributed by atoms with E-state index in [1.807, 2.05) is 31.2 Å². The molecule has 6 heteroatoms. The van der Waals surface area contributed by atoms with E-state index in [1.165, 1.54) is 6.07 Å². The first-order chi connectivity index (χ1) is 12.6. The minimum Gasteiger partial charge on any atom is -0.338 e. The number of aryl methyl sites for hydroxylation is 2. The fourth-order valence-corrected chi connectivity index (χ4v) is 4.27. The van der Waals surface area contributed by atoms with E-state index in [4.69, 9.17) is 16.6 Å². The first-order valence-corrected chi connectivity index (χ1v) is 9.61. The van der Waals surface area contributed by atoms with Gasteiger partial charge in [-0.25, -0.2) is 9.37 Å². The number of fused-ring (bicyclic) bond motifs is 1. The van der Waals surface area contributed by atoms with Gasteiger partial charge in [-0.1, -0.05) is 42.8 Å². The van der Waals surface area contributed by atoms with E-state index in [-0.39, 0.29) is 5.82 Å². The smallest absolute Gasteiger partial charge is 0.196 e. The van der Waals surface area contributed by atoms with Crippen molar-refractivity contribution >= 4 is 39.4 Å². The molecule has 0 saturated heterocycles. The third-order valence-corrected chi connectivity index (χ3v) is 5.58. The van der Waals surface area contributed by atoms with Gasteiger partial charge < -0.3 is 5.32 Å². The van der Waals surface area contributed by atoms with Crippen LogP contribution in [0.2, 0.25) is 5.02 Å². The summed E-state index contributed by atoms with van der Waals surface area (Å²) in [5.74, 6) is 0.439. The summed E-state index contributed by atoms with van der Waals surface area (Å²) in [6, 6.07) is 12.4. The third-order valence-electron chi connectivity index (χ3n) is 4.39. The van der Waals surface area contributed by atoms with Crippen LogP contribution in [0.5, 0.6) is 0 Å². The fourth-order valence-electron chi connectivity index (χ4n) is 3.03. The molecule has 0 saturated carbocycles. The highest BCUT2D eigenvalue weighted by Crippen LogP contribution is 2.37. The van der Waals surface area contributed by atoms with E-state index in [9.17, 15) is 4.39 Å². The lowest BCUT2D eigenvalue weighted by Gasteiger charge is -2.13. The van der Waals surface area contributed by atoms with Crippen molar-refractivity contribution in [1.82, 2.24) is 9.38 Å². The number of aromatic nitrogens is 2. The van der Waals surface area contributed by atoms with Crippen molar-refractivity contribution in [3.8, 4) is 11.3 Å². The number of nitrogens with zero attached hydrogens (tertiary/aromatic N) is 2. The lowest BCUT2D eigenvalue weighted by Crippen LogP contribution is -2.01. The van der Waals surface area contributed by atoms with Crippen LogP contribution in [0.25, 0.3) is 16.2 Å². The quantitative estimate of drug-likeness (QED) is 0.436. The number of para-hydroxylation sites is 1. The lowest BCUT2D eigenvalue weighted by molar-refractivity contribution is 0.631. The summed E-state index contributed by atoms with van der Waals surface area (Å²) in [4.78, 5) is 5.53. The molecule has 0 radical (unpaired) electrons. The molecule has 1 N–H and O–H groups in total. The normalized spacial score (nSPS) is 11.2. The first-order valence-electron chi connectivity index (χ1n) is 8.36. The molecule has 0 aliphatic heterocycles. The molecule has 2 aromatic heterocycles. The van der Waals surface area contributed by atoms with Gasteiger partial charge in [-0.15, -0.1) is 11.3 Å². The van der Waals surface area contributed by atoms with Crippen molar-refractivity contribution in [1.29, 1.82) is 0 Å². The molecule has 2 heterocycles. The molecule has 26 heavy (non-hydrogen) atoms. The van der Waals surface area contributed by atoms with Gasteiger partial charge in [-0.3, -0.25) is 4.40 Å². The molecule has 0 atom stereocenters. The fraction of sp³-hybridized carbons (Fsp3) is 0.150. The highest BCUT2D eigenvalue weighted by atomic mass is 35.5. The summed E-state index contributed by atoms with van der Waals surface area (Å²) in [6.07, 6.45) is 0.850.